The molecule has 116 valence electrons. The molecule has 0 heterocycles. The van der Waals surface area contributed by atoms with E-state index in [0.29, 0.717) is 17.9 Å². The van der Waals surface area contributed by atoms with Gasteiger partial charge in [-0.3, -0.25) is 4.79 Å². The fraction of sp³-hybridized carbons (Fsp3) is 0.462. The maximum absolute atomic E-state index is 11.8. The summed E-state index contributed by atoms with van der Waals surface area (Å²) in [4.78, 5) is 13.7. The van der Waals surface area contributed by atoms with E-state index in [1.54, 1.807) is 6.07 Å². The highest BCUT2D eigenvalue weighted by Gasteiger charge is 2.11. The van der Waals surface area contributed by atoms with Crippen LogP contribution in [-0.4, -0.2) is 26.0 Å². The molecule has 0 aliphatic rings. The second-order valence-electron chi connectivity index (χ2n) is 4.59. The van der Waals surface area contributed by atoms with E-state index in [4.69, 9.17) is 17.3 Å². The molecule has 1 unspecified atom stereocenters. The predicted molar refractivity (Wildman–Crippen MR) is 91.8 cm³/mol. The van der Waals surface area contributed by atoms with Crippen LogP contribution in [0.3, 0.4) is 0 Å². The van der Waals surface area contributed by atoms with Crippen LogP contribution >= 0.6 is 36.4 Å². The lowest BCUT2D eigenvalue weighted by Gasteiger charge is -2.19. The molecule has 1 atom stereocenters. The lowest BCUT2D eigenvalue weighted by Crippen LogP contribution is -2.20. The third-order valence-electron chi connectivity index (χ3n) is 2.53. The Bertz CT molecular complexity index is 425. The highest BCUT2D eigenvalue weighted by molar-refractivity contribution is 6.34. The van der Waals surface area contributed by atoms with Gasteiger partial charge in [0.05, 0.1) is 16.4 Å². The minimum Gasteiger partial charge on any atom is -0.375 e. The number of halogens is 3. The first-order valence-electron chi connectivity index (χ1n) is 5.93. The third-order valence-corrected chi connectivity index (χ3v) is 2.84. The number of benzene rings is 1. The number of nitrogens with one attached hydrogen (secondary N) is 1. The maximum atomic E-state index is 11.8. The van der Waals surface area contributed by atoms with E-state index in [1.165, 1.54) is 0 Å². The van der Waals surface area contributed by atoms with E-state index in [2.05, 4.69) is 5.32 Å². The monoisotopic (exact) mass is 341 g/mol. The summed E-state index contributed by atoms with van der Waals surface area (Å²) in [7, 11) is 3.78. The summed E-state index contributed by atoms with van der Waals surface area (Å²) in [5, 5.41) is 3.48. The second kappa shape index (κ2) is 10.1. The van der Waals surface area contributed by atoms with Gasteiger partial charge in [0.25, 0.3) is 0 Å². The van der Waals surface area contributed by atoms with Crippen molar-refractivity contribution in [2.75, 3.05) is 24.3 Å². The summed E-state index contributed by atoms with van der Waals surface area (Å²) in [5.74, 6) is -0.0438. The molecule has 0 fully saturated rings. The number of carbonyl (C=O) groups excluding carboxylic acids is 1. The van der Waals surface area contributed by atoms with Crippen LogP contribution in [0.2, 0.25) is 5.02 Å². The smallest absolute Gasteiger partial charge is 0.224 e. The van der Waals surface area contributed by atoms with Gasteiger partial charge in [0.15, 0.2) is 0 Å². The third kappa shape index (κ3) is 6.66. The van der Waals surface area contributed by atoms with Crippen molar-refractivity contribution in [2.45, 2.75) is 25.8 Å². The average molecular weight is 343 g/mol. The van der Waals surface area contributed by atoms with Gasteiger partial charge >= 0.3 is 0 Å². The molecule has 7 heteroatoms. The zero-order chi connectivity index (χ0) is 13.7. The zero-order valence-electron chi connectivity index (χ0n) is 11.9. The number of hydrogen-bond acceptors (Lipinski definition) is 3. The number of nitrogens with two attached hydrogens (primary N) is 1. The quantitative estimate of drug-likeness (QED) is 0.863. The summed E-state index contributed by atoms with van der Waals surface area (Å²) >= 11 is 6.12. The number of anilines is 2. The van der Waals surface area contributed by atoms with Crippen LogP contribution in [0.4, 0.5) is 11.4 Å². The summed E-state index contributed by atoms with van der Waals surface area (Å²) in [5.41, 5.74) is 7.16. The Morgan fingerprint density at radius 1 is 1.40 bits per heavy atom. The van der Waals surface area contributed by atoms with Gasteiger partial charge in [-0.2, -0.15) is 0 Å². The van der Waals surface area contributed by atoms with Gasteiger partial charge in [0.1, 0.15) is 0 Å². The lowest BCUT2D eigenvalue weighted by molar-refractivity contribution is -0.116. The predicted octanol–water partition coefficient (Wildman–Crippen LogP) is 3.32. The Kier molecular flexibility index (Phi) is 10.9. The van der Waals surface area contributed by atoms with Crippen molar-refractivity contribution in [3.63, 3.8) is 0 Å². The molecular weight excluding hydrogens is 321 g/mol. The topological polar surface area (TPSA) is 58.4 Å². The van der Waals surface area contributed by atoms with E-state index in [1.807, 2.05) is 38.1 Å². The molecular formula is C13H22Cl3N3O. The van der Waals surface area contributed by atoms with Crippen molar-refractivity contribution in [1.29, 1.82) is 0 Å². The molecule has 4 nitrogen and oxygen atoms in total. The molecule has 20 heavy (non-hydrogen) atoms. The Morgan fingerprint density at radius 3 is 2.50 bits per heavy atom. The number of amides is 1. The largest absolute Gasteiger partial charge is 0.375 e. The number of hydrogen-bond donors (Lipinski definition) is 2. The fourth-order valence-electron chi connectivity index (χ4n) is 1.64. The lowest BCUT2D eigenvalue weighted by atomic mass is 10.2. The average Bonchev–Trinajstić information content (AvgIpc) is 2.26. The SMILES string of the molecule is CC(N)CCC(=O)Nc1cccc(Cl)c1N(C)C.Cl.Cl. The Morgan fingerprint density at radius 2 is 2.00 bits per heavy atom. The summed E-state index contributed by atoms with van der Waals surface area (Å²) in [6, 6.07) is 5.49. The Hall–Kier alpha value is -0.680. The van der Waals surface area contributed by atoms with Crippen LogP contribution in [0.15, 0.2) is 18.2 Å². The van der Waals surface area contributed by atoms with Crippen molar-refractivity contribution in [1.82, 2.24) is 0 Å². The van der Waals surface area contributed by atoms with Gasteiger partial charge in [-0.15, -0.1) is 24.8 Å². The van der Waals surface area contributed by atoms with E-state index in [0.717, 1.165) is 11.4 Å². The highest BCUT2D eigenvalue weighted by Crippen LogP contribution is 2.32. The molecule has 1 aromatic rings. The van der Waals surface area contributed by atoms with Crippen LogP contribution < -0.4 is 16.0 Å². The molecule has 1 amide bonds. The summed E-state index contributed by atoms with van der Waals surface area (Å²) < 4.78 is 0. The van der Waals surface area contributed by atoms with Crippen LogP contribution in [0.1, 0.15) is 19.8 Å². The first-order valence-corrected chi connectivity index (χ1v) is 6.31. The van der Waals surface area contributed by atoms with Crippen molar-refractivity contribution in [3.8, 4) is 0 Å². The van der Waals surface area contributed by atoms with Gasteiger partial charge in [0, 0.05) is 26.6 Å². The van der Waals surface area contributed by atoms with E-state index in [-0.39, 0.29) is 36.8 Å². The first kappa shape index (κ1) is 21.6. The molecule has 0 radical (unpaired) electrons. The maximum Gasteiger partial charge on any atom is 0.224 e. The molecule has 0 spiro atoms. The van der Waals surface area contributed by atoms with Crippen LogP contribution in [0.5, 0.6) is 0 Å². The van der Waals surface area contributed by atoms with Crippen molar-refractivity contribution in [3.05, 3.63) is 23.2 Å². The zero-order valence-corrected chi connectivity index (χ0v) is 14.2. The molecule has 3 N–H and O–H groups in total. The molecule has 1 aromatic carbocycles. The van der Waals surface area contributed by atoms with E-state index >= 15 is 0 Å². The Balaban J connectivity index is 0. The van der Waals surface area contributed by atoms with Crippen LogP contribution in [0.25, 0.3) is 0 Å². The minimum atomic E-state index is -0.0438. The fourth-order valence-corrected chi connectivity index (χ4v) is 1.99. The summed E-state index contributed by atoms with van der Waals surface area (Å²) in [6.07, 6.45) is 1.08. The van der Waals surface area contributed by atoms with Gasteiger partial charge in [0.2, 0.25) is 5.91 Å². The highest BCUT2D eigenvalue weighted by atomic mass is 35.5. The van der Waals surface area contributed by atoms with Gasteiger partial charge < -0.3 is 16.0 Å². The normalized spacial score (nSPS) is 10.8. The summed E-state index contributed by atoms with van der Waals surface area (Å²) in [6.45, 7) is 1.89. The molecule has 1 rings (SSSR count). The van der Waals surface area contributed by atoms with E-state index in [9.17, 15) is 4.79 Å². The van der Waals surface area contributed by atoms with Gasteiger partial charge in [-0.05, 0) is 25.5 Å². The molecule has 0 saturated carbocycles. The molecule has 0 saturated heterocycles. The van der Waals surface area contributed by atoms with Gasteiger partial charge in [-0.25, -0.2) is 0 Å². The molecule has 0 aliphatic heterocycles. The van der Waals surface area contributed by atoms with E-state index < -0.39 is 0 Å². The standard InChI is InChI=1S/C13H20ClN3O.2ClH/c1-9(15)7-8-12(18)16-11-6-4-5-10(14)13(11)17(2)3;;/h4-6,9H,7-8,15H2,1-3H3,(H,16,18);2*1H. The number of nitrogens with zero attached hydrogens (tertiary/aromatic N) is 1. The van der Waals surface area contributed by atoms with Crippen molar-refractivity contribution in [2.24, 2.45) is 5.73 Å². The second-order valence-corrected chi connectivity index (χ2v) is 5.00. The van der Waals surface area contributed by atoms with Crippen molar-refractivity contribution < 1.29 is 4.79 Å². The van der Waals surface area contributed by atoms with Crippen molar-refractivity contribution >= 4 is 53.7 Å². The van der Waals surface area contributed by atoms with Crippen LogP contribution in [0, 0.1) is 0 Å². The first-order chi connectivity index (χ1) is 8.41. The van der Waals surface area contributed by atoms with Crippen LogP contribution in [-0.2, 0) is 4.79 Å². The minimum absolute atomic E-state index is 0. The molecule has 0 aromatic heterocycles. The number of carbonyl (C=O) groups is 1. The van der Waals surface area contributed by atoms with Gasteiger partial charge in [-0.1, -0.05) is 17.7 Å². The molecule has 0 aliphatic carbocycles. The number of rotatable bonds is 5. The molecule has 0 bridgehead atoms. The Labute approximate surface area is 137 Å². The number of para-hydroxylation sites is 1.